The third kappa shape index (κ3) is 13.4. The highest BCUT2D eigenvalue weighted by atomic mass is 16.6. The van der Waals surface area contributed by atoms with Gasteiger partial charge in [-0.25, -0.2) is 4.79 Å². The Hall–Kier alpha value is -3.75. The van der Waals surface area contributed by atoms with Gasteiger partial charge in [-0.05, 0) is 63.9 Å². The first-order valence-corrected chi connectivity index (χ1v) is 20.9. The number of methoxy groups -OCH3 is 2. The van der Waals surface area contributed by atoms with Crippen molar-refractivity contribution in [1.82, 2.24) is 25.3 Å². The zero-order chi connectivity index (χ0) is 44.2. The van der Waals surface area contributed by atoms with Crippen molar-refractivity contribution < 1.29 is 43.3 Å². The van der Waals surface area contributed by atoms with E-state index in [9.17, 15) is 29.1 Å². The van der Waals surface area contributed by atoms with Crippen LogP contribution in [0.15, 0.2) is 30.3 Å². The SMILES string of the molecule is CC[C@H](C)[C@@H]([C@@H](CC(=O)N1CCC[C@H]1[C@H](OC)[C@@H](C)C(=O)N[C@H](C)[C@H](O)c1ccccc1)OC)N(C)C(=O)[C@@H](NC(=O)[C@H](C(C)C)N(C)C(=O)OC(C)(C)C)C(C)C. The molecule has 3 N–H and O–H groups in total. The van der Waals surface area contributed by atoms with Gasteiger partial charge in [0.25, 0.3) is 0 Å². The molecule has 1 aliphatic heterocycles. The second kappa shape index (κ2) is 22.6. The number of hydrogen-bond donors (Lipinski definition) is 3. The number of benzene rings is 1. The summed E-state index contributed by atoms with van der Waals surface area (Å²) in [4.78, 5) is 73.7. The van der Waals surface area contributed by atoms with Crippen LogP contribution in [0.4, 0.5) is 4.79 Å². The fourth-order valence-corrected chi connectivity index (χ4v) is 8.02. The highest BCUT2D eigenvalue weighted by Crippen LogP contribution is 2.30. The van der Waals surface area contributed by atoms with Crippen LogP contribution in [0.3, 0.4) is 0 Å². The highest BCUT2D eigenvalue weighted by Gasteiger charge is 2.44. The molecule has 0 saturated carbocycles. The van der Waals surface area contributed by atoms with E-state index in [1.165, 1.54) is 26.2 Å². The summed E-state index contributed by atoms with van der Waals surface area (Å²) < 4.78 is 17.5. The standard InChI is InChI=1S/C44H75N5O9/c1-16-28(6)37(47(12)42(54)35(26(2)3)46-41(53)36(27(4)5)48(13)43(55)58-44(9,10)11)33(56-14)25-34(50)49-24-20-23-32(49)39(57-15)29(7)40(52)45-30(8)38(51)31-21-18-17-19-22-31/h17-19,21-22,26-30,32-33,35-39,51H,16,20,23-25H2,1-15H3,(H,45,52)(H,46,53)/t28-,29+,30+,32-,33+,35-,36-,37-,38-,39+/m0/s1. The first kappa shape index (κ1) is 50.4. The average Bonchev–Trinajstić information content (AvgIpc) is 3.65. The third-order valence-electron chi connectivity index (χ3n) is 11.5. The molecule has 0 spiro atoms. The van der Waals surface area contributed by atoms with Gasteiger partial charge in [-0.3, -0.25) is 24.1 Å². The minimum atomic E-state index is -0.930. The van der Waals surface area contributed by atoms with E-state index >= 15 is 0 Å². The topological polar surface area (TPSA) is 167 Å². The van der Waals surface area contributed by atoms with Gasteiger partial charge in [0.05, 0.1) is 48.8 Å². The van der Waals surface area contributed by atoms with Crippen molar-refractivity contribution in [3.63, 3.8) is 0 Å². The van der Waals surface area contributed by atoms with Crippen molar-refractivity contribution in [2.45, 2.75) is 156 Å². The second-order valence-corrected chi connectivity index (χ2v) is 17.8. The van der Waals surface area contributed by atoms with Crippen LogP contribution in [0.1, 0.15) is 114 Å². The Morgan fingerprint density at radius 2 is 1.48 bits per heavy atom. The van der Waals surface area contributed by atoms with E-state index in [0.29, 0.717) is 24.9 Å². The molecule has 10 atom stereocenters. The van der Waals surface area contributed by atoms with Crippen molar-refractivity contribution in [3.8, 4) is 0 Å². The maximum atomic E-state index is 14.4. The number of carbonyl (C=O) groups excluding carboxylic acids is 5. The molecule has 0 unspecified atom stereocenters. The molecule has 1 fully saturated rings. The molecule has 1 aliphatic rings. The summed E-state index contributed by atoms with van der Waals surface area (Å²) in [6, 6.07) is 5.85. The molecule has 1 saturated heterocycles. The van der Waals surface area contributed by atoms with Crippen LogP contribution in [0, 0.1) is 23.7 Å². The molecule has 0 radical (unpaired) electrons. The van der Waals surface area contributed by atoms with Gasteiger partial charge in [-0.1, -0.05) is 85.2 Å². The molecule has 1 aromatic rings. The Bertz CT molecular complexity index is 1490. The number of rotatable bonds is 20. The van der Waals surface area contributed by atoms with E-state index in [4.69, 9.17) is 14.2 Å². The lowest BCUT2D eigenvalue weighted by Crippen LogP contribution is -2.60. The Balaban J connectivity index is 2.28. The van der Waals surface area contributed by atoms with Gasteiger partial charge in [0.2, 0.25) is 23.6 Å². The van der Waals surface area contributed by atoms with Crippen molar-refractivity contribution in [1.29, 1.82) is 0 Å². The number of likely N-dealkylation sites (tertiary alicyclic amines) is 1. The van der Waals surface area contributed by atoms with Gasteiger partial charge in [-0.15, -0.1) is 0 Å². The molecular weight excluding hydrogens is 743 g/mol. The molecule has 0 bridgehead atoms. The number of nitrogens with zero attached hydrogens (tertiary/aromatic N) is 3. The van der Waals surface area contributed by atoms with Gasteiger partial charge >= 0.3 is 6.09 Å². The first-order chi connectivity index (χ1) is 27.0. The first-order valence-electron chi connectivity index (χ1n) is 20.9. The van der Waals surface area contributed by atoms with E-state index < -0.39 is 66.0 Å². The Labute approximate surface area is 348 Å². The summed E-state index contributed by atoms with van der Waals surface area (Å²) in [7, 11) is 6.27. The molecule has 14 nitrogen and oxygen atoms in total. The number of aliphatic hydroxyl groups is 1. The normalized spacial score (nSPS) is 19.3. The van der Waals surface area contributed by atoms with E-state index in [1.54, 1.807) is 51.5 Å². The van der Waals surface area contributed by atoms with Crippen molar-refractivity contribution in [2.75, 3.05) is 34.9 Å². The molecule has 0 aliphatic carbocycles. The predicted molar refractivity (Wildman–Crippen MR) is 225 cm³/mol. The molecule has 58 heavy (non-hydrogen) atoms. The van der Waals surface area contributed by atoms with Crippen LogP contribution in [0.5, 0.6) is 0 Å². The fourth-order valence-electron chi connectivity index (χ4n) is 8.02. The van der Waals surface area contributed by atoms with Crippen LogP contribution in [-0.2, 0) is 33.4 Å². The maximum absolute atomic E-state index is 14.4. The Morgan fingerprint density at radius 3 is 1.98 bits per heavy atom. The maximum Gasteiger partial charge on any atom is 0.410 e. The average molecular weight is 818 g/mol. The molecule has 330 valence electrons. The lowest BCUT2D eigenvalue weighted by molar-refractivity contribution is -0.148. The lowest BCUT2D eigenvalue weighted by atomic mass is 9.89. The van der Waals surface area contributed by atoms with Crippen LogP contribution in [0.2, 0.25) is 0 Å². The molecule has 2 rings (SSSR count). The molecule has 14 heteroatoms. The van der Waals surface area contributed by atoms with Crippen molar-refractivity contribution in [2.24, 2.45) is 23.7 Å². The number of nitrogens with one attached hydrogen (secondary N) is 2. The minimum Gasteiger partial charge on any atom is -0.444 e. The zero-order valence-electron chi connectivity index (χ0n) is 37.9. The van der Waals surface area contributed by atoms with Crippen LogP contribution in [0.25, 0.3) is 0 Å². The second-order valence-electron chi connectivity index (χ2n) is 17.8. The fraction of sp³-hybridized carbons (Fsp3) is 0.750. The van der Waals surface area contributed by atoms with E-state index in [0.717, 1.165) is 6.42 Å². The van der Waals surface area contributed by atoms with Gasteiger partial charge in [0.15, 0.2) is 0 Å². The summed E-state index contributed by atoms with van der Waals surface area (Å²) in [5.41, 5.74) is -0.0580. The Kier molecular flexibility index (Phi) is 19.6. The quantitative estimate of drug-likeness (QED) is 0.161. The summed E-state index contributed by atoms with van der Waals surface area (Å²) in [5, 5.41) is 16.7. The summed E-state index contributed by atoms with van der Waals surface area (Å²) in [6.07, 6.45) is -0.794. The van der Waals surface area contributed by atoms with Gasteiger partial charge in [0.1, 0.15) is 17.7 Å². The number of hydrogen-bond acceptors (Lipinski definition) is 9. The molecule has 1 aromatic carbocycles. The van der Waals surface area contributed by atoms with Crippen LogP contribution in [-0.4, -0.2) is 132 Å². The Morgan fingerprint density at radius 1 is 0.879 bits per heavy atom. The zero-order valence-corrected chi connectivity index (χ0v) is 37.9. The van der Waals surface area contributed by atoms with Gasteiger partial charge in [-0.2, -0.15) is 0 Å². The lowest BCUT2D eigenvalue weighted by Gasteiger charge is -2.41. The predicted octanol–water partition coefficient (Wildman–Crippen LogP) is 5.18. The minimum absolute atomic E-state index is 0.0221. The number of amides is 5. The third-order valence-corrected chi connectivity index (χ3v) is 11.5. The highest BCUT2D eigenvalue weighted by molar-refractivity contribution is 5.92. The van der Waals surface area contributed by atoms with Gasteiger partial charge in [0, 0.05) is 34.9 Å². The summed E-state index contributed by atoms with van der Waals surface area (Å²) >= 11 is 0. The van der Waals surface area contributed by atoms with E-state index in [2.05, 4.69) is 10.6 Å². The number of likely N-dealkylation sites (N-methyl/N-ethyl adjacent to an activating group) is 2. The summed E-state index contributed by atoms with van der Waals surface area (Å²) in [5.74, 6) is -2.58. The number of ether oxygens (including phenoxy) is 3. The largest absolute Gasteiger partial charge is 0.444 e. The van der Waals surface area contributed by atoms with Crippen molar-refractivity contribution >= 4 is 29.7 Å². The monoisotopic (exact) mass is 818 g/mol. The summed E-state index contributed by atoms with van der Waals surface area (Å²) in [6.45, 7) is 20.6. The van der Waals surface area contributed by atoms with Crippen LogP contribution >= 0.6 is 0 Å². The smallest absolute Gasteiger partial charge is 0.410 e. The number of carbonyl (C=O) groups is 5. The molecule has 5 amide bonds. The number of aliphatic hydroxyl groups excluding tert-OH is 1. The van der Waals surface area contributed by atoms with Crippen molar-refractivity contribution in [3.05, 3.63) is 35.9 Å². The molecule has 1 heterocycles. The van der Waals surface area contributed by atoms with Crippen LogP contribution < -0.4 is 10.6 Å². The molecular formula is C44H75N5O9. The molecule has 0 aromatic heterocycles. The van der Waals surface area contributed by atoms with Gasteiger partial charge < -0.3 is 39.8 Å². The van der Waals surface area contributed by atoms with E-state index in [-0.39, 0.29) is 47.9 Å². The van der Waals surface area contributed by atoms with E-state index in [1.807, 2.05) is 71.9 Å².